The van der Waals surface area contributed by atoms with Gasteiger partial charge in [-0.3, -0.25) is 0 Å². The highest BCUT2D eigenvalue weighted by Crippen LogP contribution is 2.49. The second kappa shape index (κ2) is 9.97. The fourth-order valence-electron chi connectivity index (χ4n) is 7.46. The lowest BCUT2D eigenvalue weighted by molar-refractivity contribution is 1.18. The topological polar surface area (TPSA) is 4.93 Å². The molecular formula is C44H27NS. The van der Waals surface area contributed by atoms with Crippen molar-refractivity contribution in [3.63, 3.8) is 0 Å². The van der Waals surface area contributed by atoms with E-state index in [0.717, 1.165) is 0 Å². The summed E-state index contributed by atoms with van der Waals surface area (Å²) in [7, 11) is 0. The van der Waals surface area contributed by atoms with Crippen LogP contribution in [0.15, 0.2) is 174 Å². The van der Waals surface area contributed by atoms with Crippen molar-refractivity contribution >= 4 is 55.1 Å². The first-order valence-corrected chi connectivity index (χ1v) is 16.6. The number of hydrogen-bond donors (Lipinski definition) is 0. The van der Waals surface area contributed by atoms with E-state index in [4.69, 9.17) is 0 Å². The zero-order valence-electron chi connectivity index (χ0n) is 24.9. The van der Waals surface area contributed by atoms with Gasteiger partial charge >= 0.3 is 0 Å². The summed E-state index contributed by atoms with van der Waals surface area (Å²) in [5.74, 6) is 0. The zero-order chi connectivity index (χ0) is 30.2. The molecule has 2 heterocycles. The molecular weight excluding hydrogens is 575 g/mol. The van der Waals surface area contributed by atoms with Crippen LogP contribution in [0.2, 0.25) is 0 Å². The molecule has 46 heavy (non-hydrogen) atoms. The fraction of sp³-hybridized carbons (Fsp3) is 0. The largest absolute Gasteiger partial charge is 0.309 e. The second-order valence-electron chi connectivity index (χ2n) is 12.1. The number of nitrogens with zero attached hydrogens (tertiary/aromatic N) is 1. The number of hydrogen-bond acceptors (Lipinski definition) is 1. The van der Waals surface area contributed by atoms with Crippen molar-refractivity contribution < 1.29 is 0 Å². The average Bonchev–Trinajstić information content (AvgIpc) is 3.44. The Kier molecular flexibility index (Phi) is 5.58. The third-order valence-corrected chi connectivity index (χ3v) is 10.7. The van der Waals surface area contributed by atoms with E-state index in [-0.39, 0.29) is 0 Å². The lowest BCUT2D eigenvalue weighted by Gasteiger charge is -2.21. The quantitative estimate of drug-likeness (QED) is 0.195. The Labute approximate surface area is 271 Å². The Morgan fingerprint density at radius 3 is 1.96 bits per heavy atom. The predicted molar refractivity (Wildman–Crippen MR) is 196 cm³/mol. The minimum Gasteiger partial charge on any atom is -0.309 e. The van der Waals surface area contributed by atoms with Gasteiger partial charge in [-0.25, -0.2) is 0 Å². The van der Waals surface area contributed by atoms with Gasteiger partial charge in [-0.2, -0.15) is 0 Å². The summed E-state index contributed by atoms with van der Waals surface area (Å²) in [4.78, 5) is 2.66. The molecule has 10 rings (SSSR count). The lowest BCUT2D eigenvalue weighted by atomic mass is 9.92. The maximum atomic E-state index is 2.42. The molecule has 0 saturated heterocycles. The molecule has 1 aromatic heterocycles. The van der Waals surface area contributed by atoms with Crippen molar-refractivity contribution in [2.45, 2.75) is 9.79 Å². The smallest absolute Gasteiger partial charge is 0.0547 e. The van der Waals surface area contributed by atoms with E-state index >= 15 is 0 Å². The first-order valence-electron chi connectivity index (χ1n) is 15.8. The van der Waals surface area contributed by atoms with Crippen LogP contribution in [-0.4, -0.2) is 4.57 Å². The standard InChI is InChI=1S/C44H27NS/c1-2-16-34(17-3-1)45-39-20-9-18-35(44(39)38-26-30-10-4-5-11-31(30)27-40(38)45)33-15-6-14-29(24-33)32-22-23-41-37(25-32)36-19-7-12-28-13-8-21-42(46-41)43(28)36/h1-27H. The van der Waals surface area contributed by atoms with Crippen LogP contribution < -0.4 is 0 Å². The van der Waals surface area contributed by atoms with Crippen LogP contribution in [-0.2, 0) is 0 Å². The number of aromatic nitrogens is 1. The van der Waals surface area contributed by atoms with Crippen molar-refractivity contribution in [1.29, 1.82) is 0 Å². The van der Waals surface area contributed by atoms with E-state index in [0.29, 0.717) is 0 Å². The Hall–Kier alpha value is -5.57. The molecule has 1 aliphatic heterocycles. The normalized spacial score (nSPS) is 12.3. The second-order valence-corrected chi connectivity index (χ2v) is 13.2. The third-order valence-electron chi connectivity index (χ3n) is 9.54. The first-order chi connectivity index (χ1) is 22.8. The van der Waals surface area contributed by atoms with Crippen molar-refractivity contribution in [3.05, 3.63) is 164 Å². The van der Waals surface area contributed by atoms with E-state index in [1.807, 2.05) is 11.8 Å². The minimum absolute atomic E-state index is 1.17. The van der Waals surface area contributed by atoms with Gasteiger partial charge in [-0.05, 0) is 104 Å². The molecule has 0 radical (unpaired) electrons. The molecule has 0 unspecified atom stereocenters. The molecule has 0 amide bonds. The monoisotopic (exact) mass is 601 g/mol. The van der Waals surface area contributed by atoms with Crippen molar-refractivity contribution in [3.8, 4) is 39.1 Å². The van der Waals surface area contributed by atoms with E-state index in [1.165, 1.54) is 92.2 Å². The summed E-state index contributed by atoms with van der Waals surface area (Å²) in [6, 6.07) is 60.3. The first kappa shape index (κ1) is 25.7. The van der Waals surface area contributed by atoms with Crippen LogP contribution in [0.4, 0.5) is 0 Å². The highest BCUT2D eigenvalue weighted by molar-refractivity contribution is 7.99. The Balaban J connectivity index is 1.18. The van der Waals surface area contributed by atoms with Crippen LogP contribution in [0, 0.1) is 0 Å². The number of fused-ring (bicyclic) bond motifs is 6. The molecule has 0 spiro atoms. The molecule has 9 aromatic rings. The van der Waals surface area contributed by atoms with Crippen molar-refractivity contribution in [2.75, 3.05) is 0 Å². The van der Waals surface area contributed by atoms with E-state index in [9.17, 15) is 0 Å². The van der Waals surface area contributed by atoms with Gasteiger partial charge in [0.05, 0.1) is 11.0 Å². The van der Waals surface area contributed by atoms with Gasteiger partial charge in [0.2, 0.25) is 0 Å². The predicted octanol–water partition coefficient (Wildman–Crippen LogP) is 12.6. The molecule has 0 N–H and O–H groups in total. The molecule has 0 aliphatic carbocycles. The highest BCUT2D eigenvalue weighted by Gasteiger charge is 2.20. The maximum absolute atomic E-state index is 2.42. The molecule has 0 bridgehead atoms. The van der Waals surface area contributed by atoms with Gasteiger partial charge in [0, 0.05) is 31.6 Å². The zero-order valence-corrected chi connectivity index (χ0v) is 25.8. The summed E-state index contributed by atoms with van der Waals surface area (Å²) in [5.41, 5.74) is 11.2. The van der Waals surface area contributed by atoms with E-state index < -0.39 is 0 Å². The third kappa shape index (κ3) is 3.84. The van der Waals surface area contributed by atoms with Crippen LogP contribution in [0.25, 0.3) is 82.4 Å². The Morgan fingerprint density at radius 1 is 0.370 bits per heavy atom. The van der Waals surface area contributed by atoms with Crippen molar-refractivity contribution in [1.82, 2.24) is 4.57 Å². The van der Waals surface area contributed by atoms with E-state index in [2.05, 4.69) is 168 Å². The molecule has 0 atom stereocenters. The SMILES string of the molecule is c1ccc(-n2c3cc4ccccc4cc3c3c(-c4cccc(-c5ccc6c(c5)-c5cccc7cccc(c57)S6)c4)cccc32)cc1. The molecule has 0 fully saturated rings. The lowest BCUT2D eigenvalue weighted by Crippen LogP contribution is -1.93. The Bertz CT molecular complexity index is 2660. The molecule has 1 aliphatic rings. The molecule has 8 aromatic carbocycles. The average molecular weight is 602 g/mol. The fourth-order valence-corrected chi connectivity index (χ4v) is 8.59. The van der Waals surface area contributed by atoms with Crippen LogP contribution >= 0.6 is 11.8 Å². The van der Waals surface area contributed by atoms with Crippen LogP contribution in [0.3, 0.4) is 0 Å². The summed E-state index contributed by atoms with van der Waals surface area (Å²) in [5, 5.41) is 7.74. The van der Waals surface area contributed by atoms with Crippen molar-refractivity contribution in [2.24, 2.45) is 0 Å². The molecule has 1 nitrogen and oxygen atoms in total. The molecule has 2 heteroatoms. The molecule has 0 saturated carbocycles. The number of rotatable bonds is 3. The minimum atomic E-state index is 1.17. The number of benzene rings is 8. The highest BCUT2D eigenvalue weighted by atomic mass is 32.2. The van der Waals surface area contributed by atoms with E-state index in [1.54, 1.807) is 0 Å². The van der Waals surface area contributed by atoms with Gasteiger partial charge in [-0.15, -0.1) is 0 Å². The van der Waals surface area contributed by atoms with Gasteiger partial charge in [-0.1, -0.05) is 121 Å². The van der Waals surface area contributed by atoms with Gasteiger partial charge < -0.3 is 4.57 Å². The number of para-hydroxylation sites is 1. The van der Waals surface area contributed by atoms with Crippen LogP contribution in [0.1, 0.15) is 0 Å². The summed E-state index contributed by atoms with van der Waals surface area (Å²) >= 11 is 1.88. The van der Waals surface area contributed by atoms with Gasteiger partial charge in [0.25, 0.3) is 0 Å². The summed E-state index contributed by atoms with van der Waals surface area (Å²) in [6.07, 6.45) is 0. The maximum Gasteiger partial charge on any atom is 0.0547 e. The Morgan fingerprint density at radius 2 is 1.07 bits per heavy atom. The van der Waals surface area contributed by atoms with Gasteiger partial charge in [0.15, 0.2) is 0 Å². The summed E-state index contributed by atoms with van der Waals surface area (Å²) in [6.45, 7) is 0. The van der Waals surface area contributed by atoms with Crippen LogP contribution in [0.5, 0.6) is 0 Å². The molecule has 214 valence electrons. The van der Waals surface area contributed by atoms with Gasteiger partial charge in [0.1, 0.15) is 0 Å². The summed E-state index contributed by atoms with van der Waals surface area (Å²) < 4.78 is 2.42.